The van der Waals surface area contributed by atoms with E-state index in [-0.39, 0.29) is 12.7 Å². The van der Waals surface area contributed by atoms with Gasteiger partial charge < -0.3 is 18.8 Å². The van der Waals surface area contributed by atoms with Gasteiger partial charge in [-0.1, -0.05) is 23.2 Å². The van der Waals surface area contributed by atoms with Gasteiger partial charge in [-0.3, -0.25) is 0 Å². The van der Waals surface area contributed by atoms with E-state index in [9.17, 15) is 4.79 Å². The van der Waals surface area contributed by atoms with Crippen LogP contribution in [0, 0.1) is 5.92 Å². The lowest BCUT2D eigenvalue weighted by molar-refractivity contribution is 0.0183. The minimum Gasteiger partial charge on any atom is -0.482 e. The van der Waals surface area contributed by atoms with Gasteiger partial charge in [-0.2, -0.15) is 0 Å². The van der Waals surface area contributed by atoms with Gasteiger partial charge in [0.25, 0.3) is 0 Å². The standard InChI is InChI=1S/C21H26Cl2N2O4/c1-21(2,3)29-20(26)25-8-6-14(7-9-25)10-16-12-24-19(28-16)13-27-18-5-4-15(22)11-17(18)23/h4-5,11-12,14H,6-10,13H2,1-3H3. The summed E-state index contributed by atoms with van der Waals surface area (Å²) in [5.41, 5.74) is -0.470. The number of benzene rings is 1. The molecule has 0 N–H and O–H groups in total. The van der Waals surface area contributed by atoms with E-state index in [0.29, 0.717) is 40.7 Å². The number of piperidine rings is 1. The fourth-order valence-electron chi connectivity index (χ4n) is 3.17. The largest absolute Gasteiger partial charge is 0.482 e. The van der Waals surface area contributed by atoms with Crippen molar-refractivity contribution in [2.24, 2.45) is 5.92 Å². The Morgan fingerprint density at radius 1 is 1.28 bits per heavy atom. The van der Waals surface area contributed by atoms with E-state index in [1.165, 1.54) is 0 Å². The van der Waals surface area contributed by atoms with E-state index in [1.54, 1.807) is 29.3 Å². The molecule has 6 nitrogen and oxygen atoms in total. The minimum absolute atomic E-state index is 0.193. The predicted octanol–water partition coefficient (Wildman–Crippen LogP) is 5.75. The zero-order valence-electron chi connectivity index (χ0n) is 16.9. The number of rotatable bonds is 5. The van der Waals surface area contributed by atoms with Gasteiger partial charge >= 0.3 is 6.09 Å². The van der Waals surface area contributed by atoms with Gasteiger partial charge in [-0.15, -0.1) is 0 Å². The van der Waals surface area contributed by atoms with Crippen LogP contribution in [0.5, 0.6) is 5.75 Å². The number of likely N-dealkylation sites (tertiary alicyclic amines) is 1. The number of halogens is 2. The van der Waals surface area contributed by atoms with Crippen LogP contribution < -0.4 is 4.74 Å². The summed E-state index contributed by atoms with van der Waals surface area (Å²) in [6.07, 6.45) is 4.10. The Morgan fingerprint density at radius 3 is 2.66 bits per heavy atom. The summed E-state index contributed by atoms with van der Waals surface area (Å²) in [5.74, 6) is 2.30. The molecule has 0 unspecified atom stereocenters. The Balaban J connectivity index is 1.45. The first-order valence-electron chi connectivity index (χ1n) is 9.69. The van der Waals surface area contributed by atoms with Crippen LogP contribution in [-0.4, -0.2) is 34.7 Å². The second kappa shape index (κ2) is 9.26. The van der Waals surface area contributed by atoms with Crippen molar-refractivity contribution in [2.45, 2.75) is 52.2 Å². The number of nitrogens with zero attached hydrogens (tertiary/aromatic N) is 2. The van der Waals surface area contributed by atoms with Gasteiger partial charge in [-0.25, -0.2) is 9.78 Å². The van der Waals surface area contributed by atoms with Gasteiger partial charge in [0, 0.05) is 24.5 Å². The molecular weight excluding hydrogens is 415 g/mol. The molecule has 0 atom stereocenters. The van der Waals surface area contributed by atoms with Crippen molar-refractivity contribution in [1.82, 2.24) is 9.88 Å². The SMILES string of the molecule is CC(C)(C)OC(=O)N1CCC(Cc2cnc(COc3ccc(Cl)cc3Cl)o2)CC1. The summed E-state index contributed by atoms with van der Waals surface area (Å²) in [5, 5.41) is 1.000. The van der Waals surface area contributed by atoms with Gasteiger partial charge in [0.1, 0.15) is 17.1 Å². The molecule has 0 saturated carbocycles. The number of hydrogen-bond acceptors (Lipinski definition) is 5. The molecule has 8 heteroatoms. The van der Waals surface area contributed by atoms with Crippen molar-refractivity contribution < 1.29 is 18.7 Å². The average Bonchev–Trinajstić information content (AvgIpc) is 3.07. The third-order valence-electron chi connectivity index (χ3n) is 4.60. The number of aromatic nitrogens is 1. The quantitative estimate of drug-likeness (QED) is 0.591. The molecule has 29 heavy (non-hydrogen) atoms. The lowest BCUT2D eigenvalue weighted by Crippen LogP contribution is -2.42. The summed E-state index contributed by atoms with van der Waals surface area (Å²) in [6, 6.07) is 5.06. The second-order valence-electron chi connectivity index (χ2n) is 8.20. The summed E-state index contributed by atoms with van der Waals surface area (Å²) in [6.45, 7) is 7.22. The van der Waals surface area contributed by atoms with E-state index < -0.39 is 5.60 Å². The third kappa shape index (κ3) is 6.54. The highest BCUT2D eigenvalue weighted by molar-refractivity contribution is 6.35. The Bertz CT molecular complexity index is 839. The summed E-state index contributed by atoms with van der Waals surface area (Å²) < 4.78 is 16.9. The molecule has 0 aliphatic carbocycles. The van der Waals surface area contributed by atoms with Gasteiger partial charge in [-0.05, 0) is 57.7 Å². The van der Waals surface area contributed by atoms with E-state index in [0.717, 1.165) is 25.0 Å². The molecule has 1 aliphatic heterocycles. The maximum Gasteiger partial charge on any atom is 0.410 e. The molecule has 3 rings (SSSR count). The molecule has 0 radical (unpaired) electrons. The first-order chi connectivity index (χ1) is 13.7. The van der Waals surface area contributed by atoms with Crippen LogP contribution in [0.4, 0.5) is 4.79 Å². The zero-order chi connectivity index (χ0) is 21.0. The van der Waals surface area contributed by atoms with Crippen molar-refractivity contribution in [3.63, 3.8) is 0 Å². The van der Waals surface area contributed by atoms with Crippen LogP contribution in [0.15, 0.2) is 28.8 Å². The van der Waals surface area contributed by atoms with E-state index in [4.69, 9.17) is 37.1 Å². The van der Waals surface area contributed by atoms with Crippen LogP contribution in [-0.2, 0) is 17.8 Å². The molecule has 1 fully saturated rings. The number of carbonyl (C=O) groups excluding carboxylic acids is 1. The molecule has 158 valence electrons. The molecule has 0 spiro atoms. The van der Waals surface area contributed by atoms with Crippen LogP contribution in [0.1, 0.15) is 45.3 Å². The molecular formula is C21H26Cl2N2O4. The second-order valence-corrected chi connectivity index (χ2v) is 9.04. The van der Waals surface area contributed by atoms with Crippen LogP contribution in [0.2, 0.25) is 10.0 Å². The molecule has 2 heterocycles. The number of amides is 1. The molecule has 1 aromatic heterocycles. The maximum atomic E-state index is 12.2. The molecule has 1 saturated heterocycles. The highest BCUT2D eigenvalue weighted by Gasteiger charge is 2.27. The third-order valence-corrected chi connectivity index (χ3v) is 5.13. The zero-order valence-corrected chi connectivity index (χ0v) is 18.4. The smallest absolute Gasteiger partial charge is 0.410 e. The summed E-state index contributed by atoms with van der Waals surface area (Å²) >= 11 is 12.0. The predicted molar refractivity (Wildman–Crippen MR) is 112 cm³/mol. The monoisotopic (exact) mass is 440 g/mol. The lowest BCUT2D eigenvalue weighted by Gasteiger charge is -2.33. The maximum absolute atomic E-state index is 12.2. The Hall–Kier alpha value is -1.92. The Labute approximate surface area is 181 Å². The average molecular weight is 441 g/mol. The first kappa shape index (κ1) is 21.8. The number of carbonyl (C=O) groups is 1. The fraction of sp³-hybridized carbons (Fsp3) is 0.524. The van der Waals surface area contributed by atoms with Crippen LogP contribution in [0.3, 0.4) is 0 Å². The van der Waals surface area contributed by atoms with Crippen molar-refractivity contribution >= 4 is 29.3 Å². The Kier molecular flexibility index (Phi) is 6.96. The minimum atomic E-state index is -0.470. The Morgan fingerprint density at radius 2 is 2.00 bits per heavy atom. The van der Waals surface area contributed by atoms with Crippen LogP contribution in [0.25, 0.3) is 0 Å². The molecule has 0 bridgehead atoms. The van der Waals surface area contributed by atoms with E-state index in [1.807, 2.05) is 20.8 Å². The fourth-order valence-corrected chi connectivity index (χ4v) is 3.63. The van der Waals surface area contributed by atoms with Gasteiger partial charge in [0.15, 0.2) is 6.61 Å². The molecule has 1 amide bonds. The topological polar surface area (TPSA) is 64.8 Å². The van der Waals surface area contributed by atoms with Crippen molar-refractivity contribution in [2.75, 3.05) is 13.1 Å². The van der Waals surface area contributed by atoms with E-state index >= 15 is 0 Å². The van der Waals surface area contributed by atoms with Crippen molar-refractivity contribution in [1.29, 1.82) is 0 Å². The molecule has 1 aliphatic rings. The number of oxazole rings is 1. The first-order valence-corrected chi connectivity index (χ1v) is 10.4. The molecule has 1 aromatic carbocycles. The number of hydrogen-bond donors (Lipinski definition) is 0. The number of ether oxygens (including phenoxy) is 2. The lowest BCUT2D eigenvalue weighted by atomic mass is 9.93. The molecule has 2 aromatic rings. The normalized spacial score (nSPS) is 15.4. The highest BCUT2D eigenvalue weighted by Crippen LogP contribution is 2.28. The summed E-state index contributed by atoms with van der Waals surface area (Å²) in [7, 11) is 0. The van der Waals surface area contributed by atoms with E-state index in [2.05, 4.69) is 4.98 Å². The van der Waals surface area contributed by atoms with Crippen molar-refractivity contribution in [3.8, 4) is 5.75 Å². The summed E-state index contributed by atoms with van der Waals surface area (Å²) in [4.78, 5) is 18.2. The van der Waals surface area contributed by atoms with Crippen molar-refractivity contribution in [3.05, 3.63) is 46.1 Å². The van der Waals surface area contributed by atoms with Crippen LogP contribution >= 0.6 is 23.2 Å². The highest BCUT2D eigenvalue weighted by atomic mass is 35.5. The van der Waals surface area contributed by atoms with Gasteiger partial charge in [0.05, 0.1) is 11.2 Å². The van der Waals surface area contributed by atoms with Gasteiger partial charge in [0.2, 0.25) is 5.89 Å².